The fourth-order valence-electron chi connectivity index (χ4n) is 9.72. The largest absolute Gasteiger partial charge is 0.466 e. The standard InChI is InChI=1S/C35H58N2O5/c1-7-41-32(39)22-31(38)36-19-20-37-33(40)42-26-15-17-34(5)25(21-26)11-12-27-29-14-13-28(24(4)10-8-9-23(2)3)35(29,6)18-16-30(27)34/h11,23-24,26-30H,7-10,12-22H2,1-6H3,(H,36,38)(H,37,40)/t24-,26+,27?,28-,29?,30?,34+,35-/m1/s1. The number of carbonyl (C=O) groups is 3. The summed E-state index contributed by atoms with van der Waals surface area (Å²) in [6.07, 6.45) is 15.4. The molecule has 0 saturated heterocycles. The fraction of sp³-hybridized carbons (Fsp3) is 0.857. The number of carbonyl (C=O) groups excluding carboxylic acids is 3. The quantitative estimate of drug-likeness (QED) is 0.109. The van der Waals surface area contributed by atoms with Gasteiger partial charge in [-0.15, -0.1) is 0 Å². The predicted molar refractivity (Wildman–Crippen MR) is 166 cm³/mol. The zero-order chi connectivity index (χ0) is 30.5. The first-order valence-electron chi connectivity index (χ1n) is 17.0. The summed E-state index contributed by atoms with van der Waals surface area (Å²) >= 11 is 0. The summed E-state index contributed by atoms with van der Waals surface area (Å²) in [5.41, 5.74) is 2.24. The van der Waals surface area contributed by atoms with Crippen LogP contribution >= 0.6 is 0 Å². The van der Waals surface area contributed by atoms with Crippen molar-refractivity contribution in [3.8, 4) is 0 Å². The summed E-state index contributed by atoms with van der Waals surface area (Å²) in [5, 5.41) is 5.36. The van der Waals surface area contributed by atoms with Crippen molar-refractivity contribution in [3.63, 3.8) is 0 Å². The van der Waals surface area contributed by atoms with Crippen molar-refractivity contribution in [3.05, 3.63) is 11.6 Å². The van der Waals surface area contributed by atoms with Crippen molar-refractivity contribution in [1.29, 1.82) is 0 Å². The average molecular weight is 587 g/mol. The van der Waals surface area contributed by atoms with Crippen LogP contribution in [0.15, 0.2) is 11.6 Å². The molecule has 0 radical (unpaired) electrons. The molecule has 0 heterocycles. The molecule has 0 aromatic rings. The van der Waals surface area contributed by atoms with Gasteiger partial charge in [-0.25, -0.2) is 4.79 Å². The Balaban J connectivity index is 1.26. The highest BCUT2D eigenvalue weighted by molar-refractivity contribution is 5.94. The van der Waals surface area contributed by atoms with Crippen molar-refractivity contribution in [2.24, 2.45) is 46.3 Å². The topological polar surface area (TPSA) is 93.7 Å². The lowest BCUT2D eigenvalue weighted by Gasteiger charge is -2.58. The number of esters is 1. The first-order valence-corrected chi connectivity index (χ1v) is 17.0. The number of allylic oxidation sites excluding steroid dienone is 1. The number of fused-ring (bicyclic) bond motifs is 5. The van der Waals surface area contributed by atoms with Crippen LogP contribution in [0.25, 0.3) is 0 Å². The number of alkyl carbamates (subject to hydrolysis) is 1. The van der Waals surface area contributed by atoms with E-state index < -0.39 is 18.0 Å². The van der Waals surface area contributed by atoms with Crippen LogP contribution < -0.4 is 10.6 Å². The third kappa shape index (κ3) is 7.35. The highest BCUT2D eigenvalue weighted by atomic mass is 16.6. The van der Waals surface area contributed by atoms with Gasteiger partial charge in [0, 0.05) is 19.5 Å². The van der Waals surface area contributed by atoms with Gasteiger partial charge in [0.1, 0.15) is 12.5 Å². The van der Waals surface area contributed by atoms with Crippen LogP contribution in [0.3, 0.4) is 0 Å². The molecular weight excluding hydrogens is 528 g/mol. The van der Waals surface area contributed by atoms with E-state index in [9.17, 15) is 14.4 Å². The molecule has 3 unspecified atom stereocenters. The summed E-state index contributed by atoms with van der Waals surface area (Å²) < 4.78 is 10.6. The number of ether oxygens (including phenoxy) is 2. The van der Waals surface area contributed by atoms with Crippen molar-refractivity contribution in [2.45, 2.75) is 125 Å². The lowest BCUT2D eigenvalue weighted by molar-refractivity contribution is -0.145. The van der Waals surface area contributed by atoms with E-state index in [1.807, 2.05) is 0 Å². The van der Waals surface area contributed by atoms with E-state index in [1.165, 1.54) is 56.9 Å². The zero-order valence-electron chi connectivity index (χ0n) is 27.3. The maximum atomic E-state index is 12.5. The monoisotopic (exact) mass is 586 g/mol. The molecule has 4 aliphatic rings. The van der Waals surface area contributed by atoms with E-state index in [4.69, 9.17) is 9.47 Å². The van der Waals surface area contributed by atoms with Crippen molar-refractivity contribution in [1.82, 2.24) is 10.6 Å². The van der Waals surface area contributed by atoms with E-state index in [0.29, 0.717) is 5.41 Å². The Kier molecular flexibility index (Phi) is 11.1. The molecule has 42 heavy (non-hydrogen) atoms. The van der Waals surface area contributed by atoms with Crippen molar-refractivity contribution >= 4 is 18.0 Å². The fourth-order valence-corrected chi connectivity index (χ4v) is 9.72. The number of rotatable bonds is 12. The minimum absolute atomic E-state index is 0.101. The van der Waals surface area contributed by atoms with Crippen LogP contribution in [0, 0.1) is 46.3 Å². The SMILES string of the molecule is CCOC(=O)CC(=O)NCCNC(=O)O[C@H]1CC[C@@]2(C)C(=CCC3C2CC[C@@]2(C)C3CC[C@@H]2[C@H](C)CCCC(C)C)C1. The second-order valence-electron chi connectivity index (χ2n) is 14.8. The molecule has 3 saturated carbocycles. The molecule has 2 amide bonds. The Labute approximate surface area is 254 Å². The predicted octanol–water partition coefficient (Wildman–Crippen LogP) is 7.19. The second-order valence-corrected chi connectivity index (χ2v) is 14.8. The van der Waals surface area contributed by atoms with Crippen LogP contribution in [0.4, 0.5) is 4.79 Å². The van der Waals surface area contributed by atoms with E-state index in [-0.39, 0.29) is 37.6 Å². The number of hydrogen-bond donors (Lipinski definition) is 2. The maximum absolute atomic E-state index is 12.5. The minimum atomic E-state index is -0.549. The van der Waals surface area contributed by atoms with E-state index in [1.54, 1.807) is 6.92 Å². The average Bonchev–Trinajstić information content (AvgIpc) is 3.28. The summed E-state index contributed by atoms with van der Waals surface area (Å²) in [6, 6.07) is 0. The van der Waals surface area contributed by atoms with Crippen molar-refractivity contribution < 1.29 is 23.9 Å². The van der Waals surface area contributed by atoms with Crippen LogP contribution in [0.2, 0.25) is 0 Å². The van der Waals surface area contributed by atoms with Crippen molar-refractivity contribution in [2.75, 3.05) is 19.7 Å². The molecule has 2 N–H and O–H groups in total. The van der Waals surface area contributed by atoms with Gasteiger partial charge in [0.05, 0.1) is 6.61 Å². The summed E-state index contributed by atoms with van der Waals surface area (Å²) in [5.74, 6) is 3.95. The van der Waals surface area contributed by atoms with Gasteiger partial charge in [0.2, 0.25) is 5.91 Å². The van der Waals surface area contributed by atoms with Crippen LogP contribution in [0.1, 0.15) is 119 Å². The molecule has 3 fully saturated rings. The molecule has 4 aliphatic carbocycles. The van der Waals surface area contributed by atoms with Crippen LogP contribution in [-0.2, 0) is 19.1 Å². The van der Waals surface area contributed by atoms with Gasteiger partial charge in [-0.1, -0.05) is 65.5 Å². The third-order valence-electron chi connectivity index (χ3n) is 11.9. The van der Waals surface area contributed by atoms with Gasteiger partial charge in [-0.3, -0.25) is 9.59 Å². The lowest BCUT2D eigenvalue weighted by Crippen LogP contribution is -2.51. The molecule has 8 atom stereocenters. The molecule has 7 nitrogen and oxygen atoms in total. The molecule has 4 rings (SSSR count). The van der Waals surface area contributed by atoms with Crippen LogP contribution in [-0.4, -0.2) is 43.8 Å². The first-order chi connectivity index (χ1) is 20.0. The Morgan fingerprint density at radius 1 is 0.976 bits per heavy atom. The van der Waals surface area contributed by atoms with Gasteiger partial charge in [-0.2, -0.15) is 0 Å². The molecular formula is C35H58N2O5. The molecule has 0 aromatic carbocycles. The van der Waals surface area contributed by atoms with Gasteiger partial charge >= 0.3 is 12.1 Å². The number of amides is 2. The first kappa shape index (κ1) is 32.9. The highest BCUT2D eigenvalue weighted by Crippen LogP contribution is 2.67. The molecule has 0 bridgehead atoms. The minimum Gasteiger partial charge on any atom is -0.466 e. The zero-order valence-corrected chi connectivity index (χ0v) is 27.3. The number of hydrogen-bond acceptors (Lipinski definition) is 5. The summed E-state index contributed by atoms with van der Waals surface area (Å²) in [4.78, 5) is 35.7. The molecule has 0 aliphatic heterocycles. The van der Waals surface area contributed by atoms with Gasteiger partial charge in [0.25, 0.3) is 0 Å². The van der Waals surface area contributed by atoms with Crippen LogP contribution in [0.5, 0.6) is 0 Å². The molecule has 0 aromatic heterocycles. The Bertz CT molecular complexity index is 994. The Hall–Kier alpha value is -2.05. The van der Waals surface area contributed by atoms with Gasteiger partial charge in [-0.05, 0) is 98.2 Å². The Morgan fingerprint density at radius 2 is 1.74 bits per heavy atom. The summed E-state index contributed by atoms with van der Waals surface area (Å²) in [7, 11) is 0. The van der Waals surface area contributed by atoms with E-state index in [0.717, 1.165) is 54.8 Å². The van der Waals surface area contributed by atoms with E-state index in [2.05, 4.69) is 51.3 Å². The maximum Gasteiger partial charge on any atom is 0.407 e. The molecule has 238 valence electrons. The Morgan fingerprint density at radius 3 is 2.48 bits per heavy atom. The lowest BCUT2D eigenvalue weighted by atomic mass is 9.47. The van der Waals surface area contributed by atoms with Gasteiger partial charge < -0.3 is 20.1 Å². The molecule has 0 spiro atoms. The highest BCUT2D eigenvalue weighted by Gasteiger charge is 2.59. The smallest absolute Gasteiger partial charge is 0.407 e. The molecule has 7 heteroatoms. The summed E-state index contributed by atoms with van der Waals surface area (Å²) in [6.45, 7) is 14.8. The normalized spacial score (nSPS) is 34.4. The third-order valence-corrected chi connectivity index (χ3v) is 11.9. The second kappa shape index (κ2) is 14.2. The van der Waals surface area contributed by atoms with E-state index >= 15 is 0 Å². The van der Waals surface area contributed by atoms with Gasteiger partial charge in [0.15, 0.2) is 0 Å². The number of nitrogens with one attached hydrogen (secondary N) is 2.